The smallest absolute Gasteiger partial charge is 0.443 e. The number of rotatable bonds is 1. The van der Waals surface area contributed by atoms with Gasteiger partial charge in [0.05, 0.1) is 0 Å². The van der Waals surface area contributed by atoms with E-state index in [2.05, 4.69) is 14.2 Å². The molecule has 5 nitrogen and oxygen atoms in total. The van der Waals surface area contributed by atoms with E-state index < -0.39 is 31.0 Å². The van der Waals surface area contributed by atoms with Crippen molar-refractivity contribution in [1.82, 2.24) is 5.32 Å². The minimum absolute atomic E-state index is 0.0910. The van der Waals surface area contributed by atoms with E-state index in [4.69, 9.17) is 0 Å². The fourth-order valence-electron chi connectivity index (χ4n) is 1.98. The maximum atomic E-state index is 13.7. The van der Waals surface area contributed by atoms with Gasteiger partial charge in [-0.2, -0.15) is 0 Å². The zero-order valence-corrected chi connectivity index (χ0v) is 9.66. The molecule has 1 aromatic rings. The van der Waals surface area contributed by atoms with Gasteiger partial charge in [0.15, 0.2) is 18.1 Å². The van der Waals surface area contributed by atoms with Crippen LogP contribution in [0.2, 0.25) is 0 Å². The maximum Gasteiger partial charge on any atom is 0.586 e. The average Bonchev–Trinajstić information content (AvgIpc) is 2.65. The minimum atomic E-state index is -3.83. The quantitative estimate of drug-likeness (QED) is 0.808. The van der Waals surface area contributed by atoms with Crippen molar-refractivity contribution in [2.45, 2.75) is 18.3 Å². The predicted octanol–water partition coefficient (Wildman–Crippen LogP) is 2.42. The normalized spacial score (nSPS) is 25.8. The second-order valence-corrected chi connectivity index (χ2v) is 4.29. The van der Waals surface area contributed by atoms with Gasteiger partial charge < -0.3 is 19.5 Å². The third-order valence-corrected chi connectivity index (χ3v) is 2.84. The van der Waals surface area contributed by atoms with Gasteiger partial charge in [-0.3, -0.25) is 0 Å². The molecule has 1 N–H and O–H groups in total. The van der Waals surface area contributed by atoms with Crippen LogP contribution in [0, 0.1) is 0 Å². The highest BCUT2D eigenvalue weighted by Gasteiger charge is 2.48. The number of alkyl halides is 4. The number of carbonyl (C=O) groups is 1. The summed E-state index contributed by atoms with van der Waals surface area (Å²) >= 11 is 0. The fourth-order valence-corrected chi connectivity index (χ4v) is 1.98. The van der Waals surface area contributed by atoms with Crippen molar-refractivity contribution in [2.24, 2.45) is 0 Å². The Bertz CT molecular complexity index is 578. The van der Waals surface area contributed by atoms with Crippen LogP contribution in [0.25, 0.3) is 0 Å². The first kappa shape index (κ1) is 12.8. The molecule has 1 atom stereocenters. The second-order valence-electron chi connectivity index (χ2n) is 4.29. The van der Waals surface area contributed by atoms with Crippen LogP contribution in [-0.4, -0.2) is 24.9 Å². The van der Waals surface area contributed by atoms with E-state index in [0.717, 1.165) is 18.2 Å². The zero-order chi connectivity index (χ0) is 14.5. The Morgan fingerprint density at radius 2 is 1.85 bits per heavy atom. The van der Waals surface area contributed by atoms with Crippen LogP contribution < -0.4 is 14.8 Å². The Morgan fingerprint density at radius 3 is 2.60 bits per heavy atom. The lowest BCUT2D eigenvalue weighted by Gasteiger charge is -2.31. The molecule has 1 fully saturated rings. The molecule has 0 saturated carbocycles. The molecule has 1 saturated heterocycles. The molecule has 2 aliphatic heterocycles. The third kappa shape index (κ3) is 2.08. The van der Waals surface area contributed by atoms with Gasteiger partial charge >= 0.3 is 18.3 Å². The lowest BCUT2D eigenvalue weighted by Crippen LogP contribution is -2.49. The lowest BCUT2D eigenvalue weighted by molar-refractivity contribution is -0.286. The van der Waals surface area contributed by atoms with Gasteiger partial charge in [-0.15, -0.1) is 8.78 Å². The Balaban J connectivity index is 1.94. The van der Waals surface area contributed by atoms with Crippen molar-refractivity contribution in [2.75, 3.05) is 6.61 Å². The van der Waals surface area contributed by atoms with Crippen molar-refractivity contribution in [3.8, 4) is 11.5 Å². The van der Waals surface area contributed by atoms with E-state index in [1.54, 1.807) is 0 Å². The van der Waals surface area contributed by atoms with Crippen LogP contribution in [0.1, 0.15) is 11.6 Å². The zero-order valence-electron chi connectivity index (χ0n) is 9.66. The molecule has 20 heavy (non-hydrogen) atoms. The Morgan fingerprint density at radius 1 is 1.15 bits per heavy atom. The number of benzene rings is 1. The van der Waals surface area contributed by atoms with Gasteiger partial charge in [0, 0.05) is 0 Å². The van der Waals surface area contributed by atoms with E-state index in [9.17, 15) is 22.4 Å². The van der Waals surface area contributed by atoms with Crippen LogP contribution in [0.4, 0.5) is 22.4 Å². The number of hydrogen-bond acceptors (Lipinski definition) is 4. The van der Waals surface area contributed by atoms with E-state index in [0.29, 0.717) is 0 Å². The van der Waals surface area contributed by atoms with Crippen molar-refractivity contribution in [1.29, 1.82) is 0 Å². The van der Waals surface area contributed by atoms with Crippen LogP contribution in [0.3, 0.4) is 0 Å². The molecule has 3 rings (SSSR count). The molecule has 2 aliphatic rings. The van der Waals surface area contributed by atoms with E-state index >= 15 is 0 Å². The summed E-state index contributed by atoms with van der Waals surface area (Å²) in [6.07, 6.45) is -4.84. The third-order valence-electron chi connectivity index (χ3n) is 2.84. The van der Waals surface area contributed by atoms with Crippen LogP contribution in [0.5, 0.6) is 11.5 Å². The highest BCUT2D eigenvalue weighted by molar-refractivity contribution is 5.69. The average molecular weight is 293 g/mol. The number of ether oxygens (including phenoxy) is 3. The summed E-state index contributed by atoms with van der Waals surface area (Å²) in [6, 6.07) is 1.50. The Kier molecular flexibility index (Phi) is 2.50. The molecule has 0 aromatic heterocycles. The van der Waals surface area contributed by atoms with Gasteiger partial charge in [-0.05, 0) is 17.7 Å². The van der Waals surface area contributed by atoms with Gasteiger partial charge in [0.1, 0.15) is 6.04 Å². The molecular formula is C11H7F4NO4. The minimum Gasteiger partial charge on any atom is -0.443 e. The molecule has 2 heterocycles. The van der Waals surface area contributed by atoms with Crippen molar-refractivity contribution in [3.05, 3.63) is 23.8 Å². The predicted molar refractivity (Wildman–Crippen MR) is 54.8 cm³/mol. The van der Waals surface area contributed by atoms with Crippen LogP contribution in [-0.2, 0) is 4.74 Å². The van der Waals surface area contributed by atoms with Crippen LogP contribution in [0.15, 0.2) is 18.2 Å². The fraction of sp³-hybridized carbons (Fsp3) is 0.364. The lowest BCUT2D eigenvalue weighted by atomic mass is 9.99. The standard InChI is InChI=1S/C11H7F4NO4/c12-10(13)4-18-9(17)16-8(10)5-1-2-6-7(3-5)20-11(14,15)19-6/h1-3,8H,4H2,(H,16,17)/t8-/m0/s1. The summed E-state index contributed by atoms with van der Waals surface area (Å²) in [5.74, 6) is -4.01. The molecule has 0 bridgehead atoms. The number of halogens is 4. The number of alkyl carbamates (subject to hydrolysis) is 1. The number of nitrogens with one attached hydrogen (secondary N) is 1. The Labute approximate surface area is 109 Å². The SMILES string of the molecule is O=C1N[C@@H](c2ccc3c(c2)OC(F)(F)O3)C(F)(F)CO1. The number of hydrogen-bond donors (Lipinski definition) is 1. The number of carbonyl (C=O) groups excluding carboxylic acids is 1. The molecule has 0 spiro atoms. The van der Waals surface area contributed by atoms with Crippen LogP contribution >= 0.6 is 0 Å². The summed E-state index contributed by atoms with van der Waals surface area (Å²) in [4.78, 5) is 11.0. The first-order valence-electron chi connectivity index (χ1n) is 5.48. The van der Waals surface area contributed by atoms with Crippen molar-refractivity contribution in [3.63, 3.8) is 0 Å². The topological polar surface area (TPSA) is 56.8 Å². The maximum absolute atomic E-state index is 13.7. The summed E-state index contributed by atoms with van der Waals surface area (Å²) < 4.78 is 65.6. The number of amides is 1. The molecule has 9 heteroatoms. The molecular weight excluding hydrogens is 286 g/mol. The monoisotopic (exact) mass is 293 g/mol. The molecule has 0 radical (unpaired) electrons. The summed E-state index contributed by atoms with van der Waals surface area (Å²) in [5.41, 5.74) is -0.0910. The molecule has 108 valence electrons. The summed E-state index contributed by atoms with van der Waals surface area (Å²) in [7, 11) is 0. The van der Waals surface area contributed by atoms with Gasteiger partial charge in [-0.25, -0.2) is 13.6 Å². The van der Waals surface area contributed by atoms with Crippen molar-refractivity contribution < 1.29 is 36.6 Å². The Hall–Kier alpha value is -2.19. The van der Waals surface area contributed by atoms with E-state index in [-0.39, 0.29) is 17.1 Å². The summed E-state index contributed by atoms with van der Waals surface area (Å²) in [6.45, 7) is -1.09. The van der Waals surface area contributed by atoms with Gasteiger partial charge in [-0.1, -0.05) is 6.07 Å². The molecule has 1 aromatic carbocycles. The molecule has 0 unspecified atom stereocenters. The van der Waals surface area contributed by atoms with Crippen molar-refractivity contribution >= 4 is 6.09 Å². The highest BCUT2D eigenvalue weighted by atomic mass is 19.3. The first-order chi connectivity index (χ1) is 9.27. The summed E-state index contributed by atoms with van der Waals surface area (Å²) in [5, 5.41) is 1.94. The van der Waals surface area contributed by atoms with Gasteiger partial charge in [0.25, 0.3) is 0 Å². The van der Waals surface area contributed by atoms with E-state index in [1.165, 1.54) is 0 Å². The molecule has 1 amide bonds. The van der Waals surface area contributed by atoms with E-state index in [1.807, 2.05) is 5.32 Å². The second kappa shape index (κ2) is 3.90. The first-order valence-corrected chi connectivity index (χ1v) is 5.48. The largest absolute Gasteiger partial charge is 0.586 e. The number of fused-ring (bicyclic) bond motifs is 1. The highest BCUT2D eigenvalue weighted by Crippen LogP contribution is 2.44. The van der Waals surface area contributed by atoms with Gasteiger partial charge in [0.2, 0.25) is 0 Å². The molecule has 0 aliphatic carbocycles. The number of cyclic esters (lactones) is 1.